The van der Waals surface area contributed by atoms with Gasteiger partial charge in [0, 0.05) is 25.1 Å². The first-order chi connectivity index (χ1) is 5.25. The van der Waals surface area contributed by atoms with Crippen LogP contribution in [-0.2, 0) is 17.8 Å². The van der Waals surface area contributed by atoms with Gasteiger partial charge in [-0.2, -0.15) is 5.10 Å². The topological polar surface area (TPSA) is 34.9 Å². The Labute approximate surface area is 65.0 Å². The molecule has 0 fully saturated rings. The molecular weight excluding hydrogens is 140 g/mol. The number of fused-ring (bicyclic) bond motifs is 1. The second-order valence-corrected chi connectivity index (χ2v) is 2.97. The van der Waals surface area contributed by atoms with Crippen molar-refractivity contribution in [3.63, 3.8) is 0 Å². The lowest BCUT2D eigenvalue weighted by Crippen LogP contribution is -2.18. The summed E-state index contributed by atoms with van der Waals surface area (Å²) in [7, 11) is 0. The quantitative estimate of drug-likeness (QED) is 0.545. The van der Waals surface area contributed by atoms with E-state index in [0.29, 0.717) is 18.6 Å². The zero-order chi connectivity index (χ0) is 7.84. The molecule has 2 heterocycles. The first-order valence-corrected chi connectivity index (χ1v) is 3.81. The number of ketones is 1. The first-order valence-electron chi connectivity index (χ1n) is 3.81. The van der Waals surface area contributed by atoms with Crippen molar-refractivity contribution in [3.8, 4) is 0 Å². The molecule has 3 heteroatoms. The third kappa shape index (κ3) is 1.06. The number of carbonyl (C=O) groups is 1. The van der Waals surface area contributed by atoms with Crippen molar-refractivity contribution < 1.29 is 4.79 Å². The summed E-state index contributed by atoms with van der Waals surface area (Å²) in [6.07, 6.45) is 1.22. The number of rotatable bonds is 0. The van der Waals surface area contributed by atoms with Gasteiger partial charge in [-0.25, -0.2) is 0 Å². The molecule has 11 heavy (non-hydrogen) atoms. The minimum atomic E-state index is 0.331. The van der Waals surface area contributed by atoms with Gasteiger partial charge < -0.3 is 0 Å². The standard InChI is InChI=1S/C8H10N2O/c1-6-4-7-5-8(11)2-3-10(7)9-6/h4H,2-3,5H2,1H3. The molecule has 58 valence electrons. The number of aryl methyl sites for hydroxylation is 2. The molecular formula is C8H10N2O. The Morgan fingerprint density at radius 2 is 2.45 bits per heavy atom. The van der Waals surface area contributed by atoms with Crippen LogP contribution in [0.2, 0.25) is 0 Å². The van der Waals surface area contributed by atoms with Crippen LogP contribution in [0, 0.1) is 6.92 Å². The van der Waals surface area contributed by atoms with Crippen LogP contribution < -0.4 is 0 Å². The van der Waals surface area contributed by atoms with E-state index in [1.54, 1.807) is 0 Å². The van der Waals surface area contributed by atoms with Crippen LogP contribution in [0.15, 0.2) is 6.07 Å². The van der Waals surface area contributed by atoms with Crippen molar-refractivity contribution in [2.75, 3.05) is 0 Å². The molecule has 0 aromatic carbocycles. The summed E-state index contributed by atoms with van der Waals surface area (Å²) in [6, 6.07) is 1.98. The smallest absolute Gasteiger partial charge is 0.140 e. The summed E-state index contributed by atoms with van der Waals surface area (Å²) < 4.78 is 1.93. The predicted molar refractivity (Wildman–Crippen MR) is 40.3 cm³/mol. The van der Waals surface area contributed by atoms with E-state index in [1.165, 1.54) is 0 Å². The van der Waals surface area contributed by atoms with Crippen molar-refractivity contribution in [3.05, 3.63) is 17.5 Å². The maximum Gasteiger partial charge on any atom is 0.140 e. The summed E-state index contributed by atoms with van der Waals surface area (Å²) in [5, 5.41) is 4.25. The van der Waals surface area contributed by atoms with Crippen LogP contribution >= 0.6 is 0 Å². The second kappa shape index (κ2) is 2.19. The fourth-order valence-electron chi connectivity index (χ4n) is 1.46. The largest absolute Gasteiger partial charge is 0.299 e. The fraction of sp³-hybridized carbons (Fsp3) is 0.500. The summed E-state index contributed by atoms with van der Waals surface area (Å²) in [4.78, 5) is 11.0. The van der Waals surface area contributed by atoms with Gasteiger partial charge in [-0.05, 0) is 13.0 Å². The number of Topliss-reactive ketones (excluding diaryl/α,β-unsaturated/α-hetero) is 1. The predicted octanol–water partition coefficient (Wildman–Crippen LogP) is 0.707. The van der Waals surface area contributed by atoms with Gasteiger partial charge in [0.1, 0.15) is 5.78 Å². The van der Waals surface area contributed by atoms with Gasteiger partial charge in [0.15, 0.2) is 0 Å². The van der Waals surface area contributed by atoms with Crippen molar-refractivity contribution >= 4 is 5.78 Å². The lowest BCUT2D eigenvalue weighted by atomic mass is 10.1. The Morgan fingerprint density at radius 3 is 3.27 bits per heavy atom. The van der Waals surface area contributed by atoms with E-state index in [0.717, 1.165) is 17.9 Å². The van der Waals surface area contributed by atoms with Crippen molar-refractivity contribution in [2.45, 2.75) is 26.3 Å². The highest BCUT2D eigenvalue weighted by atomic mass is 16.1. The highest BCUT2D eigenvalue weighted by molar-refractivity contribution is 5.81. The first kappa shape index (κ1) is 6.58. The number of hydrogen-bond donors (Lipinski definition) is 0. The van der Waals surface area contributed by atoms with Crippen LogP contribution in [0.5, 0.6) is 0 Å². The number of hydrogen-bond acceptors (Lipinski definition) is 2. The van der Waals surface area contributed by atoms with E-state index in [9.17, 15) is 4.79 Å². The van der Waals surface area contributed by atoms with Gasteiger partial charge >= 0.3 is 0 Å². The van der Waals surface area contributed by atoms with Gasteiger partial charge in [0.05, 0.1) is 5.69 Å². The van der Waals surface area contributed by atoms with Crippen LogP contribution in [0.25, 0.3) is 0 Å². The average Bonchev–Trinajstić information content (AvgIpc) is 2.27. The SMILES string of the molecule is Cc1cc2n(n1)CCC(=O)C2. The Morgan fingerprint density at radius 1 is 1.64 bits per heavy atom. The molecule has 1 aliphatic rings. The van der Waals surface area contributed by atoms with Crippen LogP contribution in [0.4, 0.5) is 0 Å². The Kier molecular flexibility index (Phi) is 1.31. The van der Waals surface area contributed by atoms with E-state index in [-0.39, 0.29) is 0 Å². The molecule has 1 aromatic heterocycles. The highest BCUT2D eigenvalue weighted by Crippen LogP contribution is 2.11. The molecule has 0 N–H and O–H groups in total. The number of aromatic nitrogens is 2. The molecule has 0 atom stereocenters. The molecule has 0 spiro atoms. The van der Waals surface area contributed by atoms with Crippen molar-refractivity contribution in [2.24, 2.45) is 0 Å². The maximum absolute atomic E-state index is 11.0. The summed E-state index contributed by atoms with van der Waals surface area (Å²) in [5.41, 5.74) is 2.08. The van der Waals surface area contributed by atoms with Crippen LogP contribution in [-0.4, -0.2) is 15.6 Å². The minimum absolute atomic E-state index is 0.331. The Hall–Kier alpha value is -1.12. The zero-order valence-corrected chi connectivity index (χ0v) is 6.50. The van der Waals surface area contributed by atoms with E-state index in [4.69, 9.17) is 0 Å². The van der Waals surface area contributed by atoms with Gasteiger partial charge in [-0.3, -0.25) is 9.48 Å². The van der Waals surface area contributed by atoms with Gasteiger partial charge in [-0.15, -0.1) is 0 Å². The van der Waals surface area contributed by atoms with Crippen LogP contribution in [0.3, 0.4) is 0 Å². The van der Waals surface area contributed by atoms with Gasteiger partial charge in [-0.1, -0.05) is 0 Å². The van der Waals surface area contributed by atoms with E-state index < -0.39 is 0 Å². The fourth-order valence-corrected chi connectivity index (χ4v) is 1.46. The molecule has 0 unspecified atom stereocenters. The molecule has 0 saturated carbocycles. The highest BCUT2D eigenvalue weighted by Gasteiger charge is 2.15. The lowest BCUT2D eigenvalue weighted by Gasteiger charge is -2.11. The van der Waals surface area contributed by atoms with Crippen molar-refractivity contribution in [1.82, 2.24) is 9.78 Å². The average molecular weight is 150 g/mol. The molecule has 0 amide bonds. The normalized spacial score (nSPS) is 16.6. The Bertz CT molecular complexity index is 301. The summed E-state index contributed by atoms with van der Waals surface area (Å²) >= 11 is 0. The Balaban J connectivity index is 2.41. The molecule has 1 aromatic rings. The van der Waals surface area contributed by atoms with Crippen molar-refractivity contribution in [1.29, 1.82) is 0 Å². The van der Waals surface area contributed by atoms with Crippen LogP contribution in [0.1, 0.15) is 17.8 Å². The maximum atomic E-state index is 11.0. The van der Waals surface area contributed by atoms with E-state index >= 15 is 0 Å². The van der Waals surface area contributed by atoms with E-state index in [1.807, 2.05) is 17.7 Å². The molecule has 0 radical (unpaired) electrons. The van der Waals surface area contributed by atoms with E-state index in [2.05, 4.69) is 5.10 Å². The third-order valence-corrected chi connectivity index (χ3v) is 1.97. The summed E-state index contributed by atoms with van der Waals surface area (Å²) in [6.45, 7) is 2.72. The minimum Gasteiger partial charge on any atom is -0.299 e. The number of carbonyl (C=O) groups excluding carboxylic acids is 1. The summed E-state index contributed by atoms with van der Waals surface area (Å²) in [5.74, 6) is 0.331. The number of nitrogens with zero attached hydrogens (tertiary/aromatic N) is 2. The second-order valence-electron chi connectivity index (χ2n) is 2.97. The molecule has 1 aliphatic heterocycles. The zero-order valence-electron chi connectivity index (χ0n) is 6.50. The molecule has 0 aliphatic carbocycles. The van der Waals surface area contributed by atoms with Gasteiger partial charge in [0.25, 0.3) is 0 Å². The third-order valence-electron chi connectivity index (χ3n) is 1.97. The molecule has 0 saturated heterocycles. The lowest BCUT2D eigenvalue weighted by molar-refractivity contribution is -0.119. The molecule has 3 nitrogen and oxygen atoms in total. The monoisotopic (exact) mass is 150 g/mol. The molecule has 2 rings (SSSR count). The molecule has 0 bridgehead atoms. The van der Waals surface area contributed by atoms with Gasteiger partial charge in [0.2, 0.25) is 0 Å².